The number of hydrogen-bond acceptors (Lipinski definition) is 3. The summed E-state index contributed by atoms with van der Waals surface area (Å²) in [6, 6.07) is 1.51. The molecule has 0 aromatic carbocycles. The molecule has 2 rings (SSSR count). The lowest BCUT2D eigenvalue weighted by atomic mass is 10.0. The summed E-state index contributed by atoms with van der Waals surface area (Å²) in [6.45, 7) is 10.9. The van der Waals surface area contributed by atoms with E-state index in [2.05, 4.69) is 31.0 Å². The molecule has 1 saturated heterocycles. The molecule has 0 spiro atoms. The van der Waals surface area contributed by atoms with Crippen LogP contribution in [-0.2, 0) is 4.74 Å². The highest BCUT2D eigenvalue weighted by molar-refractivity contribution is 4.87. The molecule has 94 valence electrons. The predicted octanol–water partition coefficient (Wildman–Crippen LogP) is 1.63. The van der Waals surface area contributed by atoms with Crippen LogP contribution in [0, 0.1) is 0 Å². The number of ether oxygens (including phenoxy) is 1. The molecule has 2 aliphatic rings. The molecule has 1 aliphatic carbocycles. The van der Waals surface area contributed by atoms with Gasteiger partial charge in [-0.2, -0.15) is 0 Å². The summed E-state index contributed by atoms with van der Waals surface area (Å²) in [5.74, 6) is 0. The van der Waals surface area contributed by atoms with E-state index in [9.17, 15) is 0 Å². The fourth-order valence-corrected chi connectivity index (χ4v) is 2.49. The highest BCUT2D eigenvalue weighted by atomic mass is 16.5. The zero-order chi connectivity index (χ0) is 11.6. The van der Waals surface area contributed by atoms with Crippen LogP contribution in [0.4, 0.5) is 0 Å². The molecular formula is C13H26N2O. The maximum Gasteiger partial charge on any atom is 0.0753 e. The molecule has 0 bridgehead atoms. The van der Waals surface area contributed by atoms with Crippen molar-refractivity contribution in [3.63, 3.8) is 0 Å². The van der Waals surface area contributed by atoms with E-state index in [0.29, 0.717) is 6.04 Å². The number of hydrogen-bond donors (Lipinski definition) is 1. The first kappa shape index (κ1) is 12.3. The first-order valence-corrected chi connectivity index (χ1v) is 6.72. The Labute approximate surface area is 99.5 Å². The van der Waals surface area contributed by atoms with Gasteiger partial charge in [0.25, 0.3) is 0 Å². The van der Waals surface area contributed by atoms with Crippen molar-refractivity contribution >= 4 is 0 Å². The van der Waals surface area contributed by atoms with Gasteiger partial charge in [-0.15, -0.1) is 0 Å². The van der Waals surface area contributed by atoms with Crippen LogP contribution in [0.2, 0.25) is 0 Å². The highest BCUT2D eigenvalue weighted by Gasteiger charge is 2.31. The SMILES string of the molecule is CCC(CNC1CC1)N1CCOC(C)(C)C1. The van der Waals surface area contributed by atoms with Crippen LogP contribution in [-0.4, -0.2) is 48.8 Å². The quantitative estimate of drug-likeness (QED) is 0.771. The van der Waals surface area contributed by atoms with Gasteiger partial charge in [0.05, 0.1) is 12.2 Å². The summed E-state index contributed by atoms with van der Waals surface area (Å²) < 4.78 is 5.77. The largest absolute Gasteiger partial charge is 0.373 e. The molecule has 0 aromatic heterocycles. The first-order valence-electron chi connectivity index (χ1n) is 6.72. The van der Waals surface area contributed by atoms with Gasteiger partial charge >= 0.3 is 0 Å². The third-order valence-corrected chi connectivity index (χ3v) is 3.66. The Bertz CT molecular complexity index is 226. The van der Waals surface area contributed by atoms with E-state index in [1.807, 2.05) is 0 Å². The standard InChI is InChI=1S/C13H26N2O/c1-4-12(9-14-11-5-6-11)15-7-8-16-13(2,3)10-15/h11-12,14H,4-10H2,1-3H3. The minimum Gasteiger partial charge on any atom is -0.373 e. The molecule has 1 aliphatic heterocycles. The second kappa shape index (κ2) is 5.03. The molecule has 1 saturated carbocycles. The van der Waals surface area contributed by atoms with Gasteiger partial charge < -0.3 is 10.1 Å². The van der Waals surface area contributed by atoms with Crippen LogP contribution < -0.4 is 5.32 Å². The van der Waals surface area contributed by atoms with E-state index < -0.39 is 0 Å². The van der Waals surface area contributed by atoms with Gasteiger partial charge in [0.15, 0.2) is 0 Å². The number of nitrogens with one attached hydrogen (secondary N) is 1. The molecule has 3 nitrogen and oxygen atoms in total. The van der Waals surface area contributed by atoms with Crippen LogP contribution in [0.15, 0.2) is 0 Å². The van der Waals surface area contributed by atoms with Crippen molar-refractivity contribution in [2.75, 3.05) is 26.2 Å². The molecule has 0 radical (unpaired) electrons. The fraction of sp³-hybridized carbons (Fsp3) is 1.00. The molecule has 1 heterocycles. The van der Waals surface area contributed by atoms with Crippen molar-refractivity contribution in [2.45, 2.75) is 57.7 Å². The van der Waals surface area contributed by atoms with Gasteiger partial charge in [-0.25, -0.2) is 0 Å². The van der Waals surface area contributed by atoms with Crippen molar-refractivity contribution < 1.29 is 4.74 Å². The van der Waals surface area contributed by atoms with Crippen molar-refractivity contribution in [3.05, 3.63) is 0 Å². The normalized spacial score (nSPS) is 27.9. The van der Waals surface area contributed by atoms with Crippen molar-refractivity contribution in [3.8, 4) is 0 Å². The lowest BCUT2D eigenvalue weighted by Crippen LogP contribution is -2.54. The zero-order valence-corrected chi connectivity index (χ0v) is 11.0. The number of rotatable bonds is 5. The van der Waals surface area contributed by atoms with Crippen molar-refractivity contribution in [1.29, 1.82) is 0 Å². The van der Waals surface area contributed by atoms with Crippen LogP contribution in [0.1, 0.15) is 40.0 Å². The molecule has 16 heavy (non-hydrogen) atoms. The summed E-state index contributed by atoms with van der Waals surface area (Å²) in [5.41, 5.74) is 0.0330. The average molecular weight is 226 g/mol. The second-order valence-electron chi connectivity index (χ2n) is 5.82. The third-order valence-electron chi connectivity index (χ3n) is 3.66. The van der Waals surface area contributed by atoms with Crippen LogP contribution >= 0.6 is 0 Å². The highest BCUT2D eigenvalue weighted by Crippen LogP contribution is 2.21. The lowest BCUT2D eigenvalue weighted by Gasteiger charge is -2.42. The third kappa shape index (κ3) is 3.44. The Kier molecular flexibility index (Phi) is 3.88. The summed E-state index contributed by atoms with van der Waals surface area (Å²) >= 11 is 0. The number of nitrogens with zero attached hydrogens (tertiary/aromatic N) is 1. The molecule has 1 N–H and O–H groups in total. The van der Waals surface area contributed by atoms with Crippen LogP contribution in [0.3, 0.4) is 0 Å². The topological polar surface area (TPSA) is 24.5 Å². The van der Waals surface area contributed by atoms with Gasteiger partial charge in [-0.1, -0.05) is 6.92 Å². The van der Waals surface area contributed by atoms with Gasteiger partial charge in [-0.3, -0.25) is 4.90 Å². The molecule has 0 amide bonds. The van der Waals surface area contributed by atoms with Gasteiger partial charge in [0.1, 0.15) is 0 Å². The van der Waals surface area contributed by atoms with E-state index in [1.54, 1.807) is 0 Å². The monoisotopic (exact) mass is 226 g/mol. The minimum atomic E-state index is 0.0330. The molecule has 1 unspecified atom stereocenters. The Hall–Kier alpha value is -0.120. The molecule has 1 atom stereocenters. The first-order chi connectivity index (χ1) is 7.61. The van der Waals surface area contributed by atoms with Gasteiger partial charge in [0.2, 0.25) is 0 Å². The van der Waals surface area contributed by atoms with E-state index in [-0.39, 0.29) is 5.60 Å². The van der Waals surface area contributed by atoms with E-state index in [4.69, 9.17) is 4.74 Å². The Balaban J connectivity index is 1.81. The fourth-order valence-electron chi connectivity index (χ4n) is 2.49. The Morgan fingerprint density at radius 3 is 2.75 bits per heavy atom. The Morgan fingerprint density at radius 1 is 1.44 bits per heavy atom. The van der Waals surface area contributed by atoms with E-state index in [1.165, 1.54) is 19.3 Å². The lowest BCUT2D eigenvalue weighted by molar-refractivity contribution is -0.0971. The zero-order valence-electron chi connectivity index (χ0n) is 11.0. The van der Waals surface area contributed by atoms with E-state index >= 15 is 0 Å². The Morgan fingerprint density at radius 2 is 2.19 bits per heavy atom. The van der Waals surface area contributed by atoms with Gasteiger partial charge in [-0.05, 0) is 33.1 Å². The van der Waals surface area contributed by atoms with Crippen LogP contribution in [0.5, 0.6) is 0 Å². The second-order valence-corrected chi connectivity index (χ2v) is 5.82. The number of morpholine rings is 1. The van der Waals surface area contributed by atoms with E-state index in [0.717, 1.165) is 32.3 Å². The average Bonchev–Trinajstić information content (AvgIpc) is 3.01. The van der Waals surface area contributed by atoms with Crippen molar-refractivity contribution in [2.24, 2.45) is 0 Å². The minimum absolute atomic E-state index is 0.0330. The molecule has 3 heteroatoms. The molecule has 0 aromatic rings. The maximum atomic E-state index is 5.77. The summed E-state index contributed by atoms with van der Waals surface area (Å²) in [5, 5.41) is 3.65. The summed E-state index contributed by atoms with van der Waals surface area (Å²) in [7, 11) is 0. The maximum absolute atomic E-state index is 5.77. The summed E-state index contributed by atoms with van der Waals surface area (Å²) in [6.07, 6.45) is 3.99. The van der Waals surface area contributed by atoms with Gasteiger partial charge in [0, 0.05) is 31.7 Å². The molecule has 2 fully saturated rings. The predicted molar refractivity (Wildman–Crippen MR) is 66.7 cm³/mol. The summed E-state index contributed by atoms with van der Waals surface area (Å²) in [4.78, 5) is 2.60. The van der Waals surface area contributed by atoms with Crippen molar-refractivity contribution in [1.82, 2.24) is 10.2 Å². The molecular weight excluding hydrogens is 200 g/mol. The van der Waals surface area contributed by atoms with Crippen LogP contribution in [0.25, 0.3) is 0 Å². The smallest absolute Gasteiger partial charge is 0.0753 e.